The number of pyridine rings is 1. The molecule has 108 valence electrons. The molecule has 0 radical (unpaired) electrons. The molecule has 0 bridgehead atoms. The fraction of sp³-hybridized carbons (Fsp3) is 0.143. The van der Waals surface area contributed by atoms with Gasteiger partial charge in [-0.3, -0.25) is 4.40 Å². The van der Waals surface area contributed by atoms with E-state index in [2.05, 4.69) is 10.2 Å². The van der Waals surface area contributed by atoms with Gasteiger partial charge in [0.2, 0.25) is 0 Å². The van der Waals surface area contributed by atoms with Crippen LogP contribution in [0.25, 0.3) is 5.65 Å². The fourth-order valence-corrected chi connectivity index (χ4v) is 2.15. The van der Waals surface area contributed by atoms with Gasteiger partial charge in [-0.15, -0.1) is 10.2 Å². The van der Waals surface area contributed by atoms with Crippen molar-refractivity contribution in [3.8, 4) is 0 Å². The summed E-state index contributed by atoms with van der Waals surface area (Å²) < 4.78 is 39.8. The Bertz CT molecular complexity index is 792. The first-order chi connectivity index (χ1) is 9.95. The number of alkyl halides is 3. The first kappa shape index (κ1) is 13.4. The number of nitrogens with two attached hydrogens (primary N) is 1. The van der Waals surface area contributed by atoms with Gasteiger partial charge in [-0.05, 0) is 23.8 Å². The minimum absolute atomic E-state index is 0.245. The maximum Gasteiger partial charge on any atom is 0.416 e. The zero-order valence-corrected chi connectivity index (χ0v) is 10.8. The molecule has 21 heavy (non-hydrogen) atoms. The Labute approximate surface area is 118 Å². The van der Waals surface area contributed by atoms with Crippen LogP contribution in [0.15, 0.2) is 42.6 Å². The van der Waals surface area contributed by atoms with Crippen molar-refractivity contribution >= 4 is 11.3 Å². The van der Waals surface area contributed by atoms with Crippen LogP contribution in [0.2, 0.25) is 0 Å². The average molecular weight is 292 g/mol. The van der Waals surface area contributed by atoms with Crippen molar-refractivity contribution in [1.29, 1.82) is 0 Å². The standard InChI is InChI=1S/C14H11F3N4/c15-14(16,17)10-4-1-3-9(7-10)8-12-19-20-13-11(18)5-2-6-21(12)13/h1-7H,8,18H2. The lowest BCUT2D eigenvalue weighted by molar-refractivity contribution is -0.137. The summed E-state index contributed by atoms with van der Waals surface area (Å²) in [6, 6.07) is 8.61. The van der Waals surface area contributed by atoms with Gasteiger partial charge in [0.15, 0.2) is 5.65 Å². The summed E-state index contributed by atoms with van der Waals surface area (Å²) in [5.74, 6) is 0.539. The number of hydrogen-bond donors (Lipinski definition) is 1. The lowest BCUT2D eigenvalue weighted by atomic mass is 10.1. The van der Waals surface area contributed by atoms with Gasteiger partial charge in [0.25, 0.3) is 0 Å². The van der Waals surface area contributed by atoms with Crippen LogP contribution in [0.3, 0.4) is 0 Å². The second-order valence-corrected chi connectivity index (χ2v) is 4.65. The number of nitrogen functional groups attached to an aromatic ring is 1. The maximum absolute atomic E-state index is 12.7. The molecule has 0 fully saturated rings. The minimum Gasteiger partial charge on any atom is -0.396 e. The highest BCUT2D eigenvalue weighted by Crippen LogP contribution is 2.30. The molecule has 0 aliphatic carbocycles. The van der Waals surface area contributed by atoms with Crippen LogP contribution in [-0.4, -0.2) is 14.6 Å². The zero-order chi connectivity index (χ0) is 15.0. The van der Waals surface area contributed by atoms with Crippen LogP contribution in [0, 0.1) is 0 Å². The summed E-state index contributed by atoms with van der Waals surface area (Å²) in [6.07, 6.45) is -2.38. The first-order valence-corrected chi connectivity index (χ1v) is 6.19. The van der Waals surface area contributed by atoms with Crippen molar-refractivity contribution in [2.75, 3.05) is 5.73 Å². The molecule has 7 heteroatoms. The highest BCUT2D eigenvalue weighted by molar-refractivity contribution is 5.63. The normalized spacial score (nSPS) is 12.0. The molecule has 2 heterocycles. The Hall–Kier alpha value is -2.57. The molecule has 3 aromatic rings. The van der Waals surface area contributed by atoms with Gasteiger partial charge < -0.3 is 5.73 Å². The van der Waals surface area contributed by atoms with Crippen LogP contribution in [0.5, 0.6) is 0 Å². The first-order valence-electron chi connectivity index (χ1n) is 6.19. The average Bonchev–Trinajstić information content (AvgIpc) is 2.83. The molecule has 0 unspecified atom stereocenters. The van der Waals surface area contributed by atoms with E-state index in [1.54, 1.807) is 28.8 Å². The highest BCUT2D eigenvalue weighted by Gasteiger charge is 2.30. The van der Waals surface area contributed by atoms with E-state index in [1.165, 1.54) is 6.07 Å². The number of benzene rings is 1. The highest BCUT2D eigenvalue weighted by atomic mass is 19.4. The van der Waals surface area contributed by atoms with E-state index in [1.807, 2.05) is 0 Å². The third-order valence-electron chi connectivity index (χ3n) is 3.15. The minimum atomic E-state index is -4.35. The van der Waals surface area contributed by atoms with Crippen molar-refractivity contribution < 1.29 is 13.2 Å². The third kappa shape index (κ3) is 2.54. The van der Waals surface area contributed by atoms with Crippen LogP contribution in [0.4, 0.5) is 18.9 Å². The van der Waals surface area contributed by atoms with E-state index in [4.69, 9.17) is 5.73 Å². The van der Waals surface area contributed by atoms with Gasteiger partial charge >= 0.3 is 6.18 Å². The Morgan fingerprint density at radius 3 is 2.67 bits per heavy atom. The van der Waals surface area contributed by atoms with Gasteiger partial charge in [0.05, 0.1) is 11.3 Å². The quantitative estimate of drug-likeness (QED) is 0.790. The SMILES string of the molecule is Nc1cccn2c(Cc3cccc(C(F)(F)F)c3)nnc12. The molecule has 0 amide bonds. The van der Waals surface area contributed by atoms with Crippen molar-refractivity contribution in [2.24, 2.45) is 0 Å². The van der Waals surface area contributed by atoms with E-state index >= 15 is 0 Å². The Morgan fingerprint density at radius 2 is 1.90 bits per heavy atom. The van der Waals surface area contributed by atoms with E-state index in [-0.39, 0.29) is 6.42 Å². The Kier molecular flexibility index (Phi) is 3.04. The molecule has 4 nitrogen and oxygen atoms in total. The lowest BCUT2D eigenvalue weighted by Crippen LogP contribution is -2.06. The molecule has 2 aromatic heterocycles. The van der Waals surface area contributed by atoms with E-state index in [0.717, 1.165) is 12.1 Å². The van der Waals surface area contributed by atoms with E-state index in [9.17, 15) is 13.2 Å². The van der Waals surface area contributed by atoms with Crippen molar-refractivity contribution in [1.82, 2.24) is 14.6 Å². The van der Waals surface area contributed by atoms with Gasteiger partial charge in [0, 0.05) is 12.6 Å². The molecular weight excluding hydrogens is 281 g/mol. The van der Waals surface area contributed by atoms with Crippen molar-refractivity contribution in [3.63, 3.8) is 0 Å². The second kappa shape index (κ2) is 4.76. The number of nitrogens with zero attached hydrogens (tertiary/aromatic N) is 3. The Balaban J connectivity index is 1.98. The molecule has 1 aromatic carbocycles. The fourth-order valence-electron chi connectivity index (χ4n) is 2.15. The summed E-state index contributed by atoms with van der Waals surface area (Å²) >= 11 is 0. The molecule has 3 rings (SSSR count). The number of anilines is 1. The van der Waals surface area contributed by atoms with Crippen LogP contribution >= 0.6 is 0 Å². The van der Waals surface area contributed by atoms with Gasteiger partial charge in [-0.2, -0.15) is 13.2 Å². The van der Waals surface area contributed by atoms with Crippen LogP contribution < -0.4 is 5.73 Å². The smallest absolute Gasteiger partial charge is 0.396 e. The topological polar surface area (TPSA) is 56.2 Å². The predicted molar refractivity (Wildman–Crippen MR) is 71.6 cm³/mol. The maximum atomic E-state index is 12.7. The number of rotatable bonds is 2. The van der Waals surface area contributed by atoms with E-state index < -0.39 is 11.7 Å². The molecular formula is C14H11F3N4. The monoisotopic (exact) mass is 292 g/mol. The van der Waals surface area contributed by atoms with Crippen molar-refractivity contribution in [3.05, 3.63) is 59.5 Å². The summed E-state index contributed by atoms with van der Waals surface area (Å²) in [7, 11) is 0. The molecule has 0 saturated carbocycles. The molecule has 2 N–H and O–H groups in total. The van der Waals surface area contributed by atoms with Crippen LogP contribution in [-0.2, 0) is 12.6 Å². The van der Waals surface area contributed by atoms with E-state index in [0.29, 0.717) is 22.7 Å². The molecule has 0 atom stereocenters. The third-order valence-corrected chi connectivity index (χ3v) is 3.15. The summed E-state index contributed by atoms with van der Waals surface area (Å²) in [5, 5.41) is 7.95. The summed E-state index contributed by atoms with van der Waals surface area (Å²) in [6.45, 7) is 0. The number of aromatic nitrogens is 3. The van der Waals surface area contributed by atoms with Gasteiger partial charge in [0.1, 0.15) is 5.82 Å². The largest absolute Gasteiger partial charge is 0.416 e. The number of fused-ring (bicyclic) bond motifs is 1. The lowest BCUT2D eigenvalue weighted by Gasteiger charge is -2.08. The second-order valence-electron chi connectivity index (χ2n) is 4.65. The predicted octanol–water partition coefficient (Wildman–Crippen LogP) is 2.92. The Morgan fingerprint density at radius 1 is 1.10 bits per heavy atom. The molecule has 0 saturated heterocycles. The molecule has 0 spiro atoms. The summed E-state index contributed by atoms with van der Waals surface area (Å²) in [5.41, 5.74) is 6.59. The van der Waals surface area contributed by atoms with Crippen molar-refractivity contribution in [2.45, 2.75) is 12.6 Å². The van der Waals surface area contributed by atoms with Gasteiger partial charge in [-0.25, -0.2) is 0 Å². The molecule has 0 aliphatic rings. The van der Waals surface area contributed by atoms with Crippen LogP contribution in [0.1, 0.15) is 17.0 Å². The van der Waals surface area contributed by atoms with Gasteiger partial charge in [-0.1, -0.05) is 18.2 Å². The molecule has 0 aliphatic heterocycles. The zero-order valence-electron chi connectivity index (χ0n) is 10.8. The number of halogens is 3. The summed E-state index contributed by atoms with van der Waals surface area (Å²) in [4.78, 5) is 0. The number of hydrogen-bond acceptors (Lipinski definition) is 3.